The van der Waals surface area contributed by atoms with Gasteiger partial charge in [0.1, 0.15) is 0 Å². The molecule has 0 saturated heterocycles. The summed E-state index contributed by atoms with van der Waals surface area (Å²) in [4.78, 5) is 0. The first-order chi connectivity index (χ1) is 7.72. The Balaban J connectivity index is 2.44. The minimum Gasteiger partial charge on any atom is -0.385 e. The molecule has 0 aliphatic carbocycles. The van der Waals surface area contributed by atoms with E-state index in [2.05, 4.69) is 36.4 Å². The van der Waals surface area contributed by atoms with E-state index in [4.69, 9.17) is 0 Å². The van der Waals surface area contributed by atoms with Gasteiger partial charge in [0.05, 0.1) is 23.3 Å². The van der Waals surface area contributed by atoms with Crippen molar-refractivity contribution in [1.82, 2.24) is 9.78 Å². The van der Waals surface area contributed by atoms with Crippen LogP contribution in [0.2, 0.25) is 0 Å². The summed E-state index contributed by atoms with van der Waals surface area (Å²) in [7, 11) is 1.93. The number of benzene rings is 1. The molecule has 1 aromatic heterocycles. The number of nitrogens with zero attached hydrogens (tertiary/aromatic N) is 2. The standard InChI is InChI=1S/C13H17N3/c1-10(2)13-12(14-3)9-16(15-13)11-7-5-4-6-8-11/h4-10,14H,1-3H3. The molecule has 0 bridgehead atoms. The molecule has 0 saturated carbocycles. The van der Waals surface area contributed by atoms with Crippen molar-refractivity contribution in [3.8, 4) is 5.69 Å². The van der Waals surface area contributed by atoms with Gasteiger partial charge in [-0.2, -0.15) is 5.10 Å². The summed E-state index contributed by atoms with van der Waals surface area (Å²) in [6.07, 6.45) is 2.03. The lowest BCUT2D eigenvalue weighted by Crippen LogP contribution is -1.97. The van der Waals surface area contributed by atoms with Crippen LogP contribution in [-0.2, 0) is 0 Å². The van der Waals surface area contributed by atoms with Crippen molar-refractivity contribution in [1.29, 1.82) is 0 Å². The molecule has 0 unspecified atom stereocenters. The maximum atomic E-state index is 4.60. The van der Waals surface area contributed by atoms with Crippen molar-refractivity contribution in [2.75, 3.05) is 12.4 Å². The Bertz CT molecular complexity index is 457. The zero-order valence-corrected chi connectivity index (χ0v) is 9.94. The molecule has 0 amide bonds. The van der Waals surface area contributed by atoms with Crippen LogP contribution in [0.1, 0.15) is 25.5 Å². The van der Waals surface area contributed by atoms with Gasteiger partial charge in [0.2, 0.25) is 0 Å². The van der Waals surface area contributed by atoms with E-state index in [1.54, 1.807) is 0 Å². The minimum atomic E-state index is 0.424. The van der Waals surface area contributed by atoms with E-state index in [1.807, 2.05) is 36.1 Å². The van der Waals surface area contributed by atoms with E-state index >= 15 is 0 Å². The smallest absolute Gasteiger partial charge is 0.0885 e. The molecule has 0 aliphatic rings. The van der Waals surface area contributed by atoms with Crippen molar-refractivity contribution in [2.24, 2.45) is 0 Å². The highest BCUT2D eigenvalue weighted by Crippen LogP contribution is 2.23. The number of aromatic nitrogens is 2. The van der Waals surface area contributed by atoms with Crippen molar-refractivity contribution in [3.63, 3.8) is 0 Å². The van der Waals surface area contributed by atoms with Crippen LogP contribution in [0.25, 0.3) is 5.69 Å². The number of rotatable bonds is 3. The Morgan fingerprint density at radius 1 is 1.19 bits per heavy atom. The second kappa shape index (κ2) is 4.39. The number of anilines is 1. The topological polar surface area (TPSA) is 29.9 Å². The van der Waals surface area contributed by atoms with Crippen molar-refractivity contribution in [3.05, 3.63) is 42.2 Å². The predicted octanol–water partition coefficient (Wildman–Crippen LogP) is 3.04. The van der Waals surface area contributed by atoms with Gasteiger partial charge in [-0.15, -0.1) is 0 Å². The van der Waals surface area contributed by atoms with Crippen LogP contribution in [0.5, 0.6) is 0 Å². The summed E-state index contributed by atoms with van der Waals surface area (Å²) >= 11 is 0. The monoisotopic (exact) mass is 215 g/mol. The second-order valence-corrected chi connectivity index (χ2v) is 4.11. The average Bonchev–Trinajstić information content (AvgIpc) is 2.74. The van der Waals surface area contributed by atoms with Crippen LogP contribution in [0, 0.1) is 0 Å². The predicted molar refractivity (Wildman–Crippen MR) is 67.2 cm³/mol. The Kier molecular flexibility index (Phi) is 2.95. The fraction of sp³-hybridized carbons (Fsp3) is 0.308. The van der Waals surface area contributed by atoms with Gasteiger partial charge in [-0.25, -0.2) is 4.68 Å². The molecule has 1 aromatic carbocycles. The first-order valence-corrected chi connectivity index (χ1v) is 5.55. The fourth-order valence-corrected chi connectivity index (χ4v) is 1.72. The van der Waals surface area contributed by atoms with E-state index in [-0.39, 0.29) is 0 Å². The summed E-state index contributed by atoms with van der Waals surface area (Å²) in [6.45, 7) is 4.30. The Morgan fingerprint density at radius 3 is 2.38 bits per heavy atom. The molecule has 0 atom stereocenters. The van der Waals surface area contributed by atoms with Crippen molar-refractivity contribution >= 4 is 5.69 Å². The fourth-order valence-electron chi connectivity index (χ4n) is 1.72. The third kappa shape index (κ3) is 1.94. The number of hydrogen-bond acceptors (Lipinski definition) is 2. The van der Waals surface area contributed by atoms with Crippen LogP contribution in [0.3, 0.4) is 0 Å². The van der Waals surface area contributed by atoms with Gasteiger partial charge in [-0.3, -0.25) is 0 Å². The SMILES string of the molecule is CNc1cn(-c2ccccc2)nc1C(C)C. The van der Waals surface area contributed by atoms with E-state index in [9.17, 15) is 0 Å². The Hall–Kier alpha value is -1.77. The first-order valence-electron chi connectivity index (χ1n) is 5.55. The highest BCUT2D eigenvalue weighted by molar-refractivity contribution is 5.49. The second-order valence-electron chi connectivity index (χ2n) is 4.11. The highest BCUT2D eigenvalue weighted by atomic mass is 15.3. The third-order valence-electron chi connectivity index (χ3n) is 2.58. The van der Waals surface area contributed by atoms with Crippen LogP contribution >= 0.6 is 0 Å². The van der Waals surface area contributed by atoms with Gasteiger partial charge in [0.15, 0.2) is 0 Å². The quantitative estimate of drug-likeness (QED) is 0.852. The van der Waals surface area contributed by atoms with E-state index < -0.39 is 0 Å². The van der Waals surface area contributed by atoms with Gasteiger partial charge >= 0.3 is 0 Å². The minimum absolute atomic E-state index is 0.424. The Labute approximate surface area is 96.1 Å². The van der Waals surface area contributed by atoms with Crippen molar-refractivity contribution in [2.45, 2.75) is 19.8 Å². The largest absolute Gasteiger partial charge is 0.385 e. The lowest BCUT2D eigenvalue weighted by molar-refractivity contribution is 0.769. The summed E-state index contributed by atoms with van der Waals surface area (Å²) in [5.41, 5.74) is 3.29. The summed E-state index contributed by atoms with van der Waals surface area (Å²) in [5, 5.41) is 7.79. The molecule has 16 heavy (non-hydrogen) atoms. The number of nitrogens with one attached hydrogen (secondary N) is 1. The molecule has 0 radical (unpaired) electrons. The van der Waals surface area contributed by atoms with Gasteiger partial charge in [-0.1, -0.05) is 32.0 Å². The zero-order chi connectivity index (χ0) is 11.5. The third-order valence-corrected chi connectivity index (χ3v) is 2.58. The van der Waals surface area contributed by atoms with Gasteiger partial charge in [0, 0.05) is 7.05 Å². The summed E-state index contributed by atoms with van der Waals surface area (Å²) < 4.78 is 1.92. The maximum Gasteiger partial charge on any atom is 0.0885 e. The summed E-state index contributed by atoms with van der Waals surface area (Å²) in [5.74, 6) is 0.424. The van der Waals surface area contributed by atoms with Gasteiger partial charge < -0.3 is 5.32 Å². The maximum absolute atomic E-state index is 4.60. The van der Waals surface area contributed by atoms with Gasteiger partial charge in [0.25, 0.3) is 0 Å². The molecule has 3 nitrogen and oxygen atoms in total. The lowest BCUT2D eigenvalue weighted by atomic mass is 10.1. The molecule has 1 heterocycles. The van der Waals surface area contributed by atoms with Crippen LogP contribution in [-0.4, -0.2) is 16.8 Å². The number of para-hydroxylation sites is 1. The van der Waals surface area contributed by atoms with Crippen LogP contribution in [0.4, 0.5) is 5.69 Å². The normalized spacial score (nSPS) is 10.8. The van der Waals surface area contributed by atoms with E-state index in [0.717, 1.165) is 17.1 Å². The Morgan fingerprint density at radius 2 is 1.88 bits per heavy atom. The summed E-state index contributed by atoms with van der Waals surface area (Å²) in [6, 6.07) is 10.2. The van der Waals surface area contributed by atoms with Crippen LogP contribution < -0.4 is 5.32 Å². The van der Waals surface area contributed by atoms with E-state index in [0.29, 0.717) is 5.92 Å². The lowest BCUT2D eigenvalue weighted by Gasteiger charge is -2.03. The molecule has 2 aromatic rings. The molecule has 3 heteroatoms. The van der Waals surface area contributed by atoms with Crippen LogP contribution in [0.15, 0.2) is 36.5 Å². The molecule has 1 N–H and O–H groups in total. The average molecular weight is 215 g/mol. The first kappa shape index (κ1) is 10.7. The molecule has 0 fully saturated rings. The highest BCUT2D eigenvalue weighted by Gasteiger charge is 2.11. The molecular formula is C13H17N3. The van der Waals surface area contributed by atoms with E-state index in [1.165, 1.54) is 0 Å². The molecule has 0 aliphatic heterocycles. The van der Waals surface area contributed by atoms with Gasteiger partial charge in [-0.05, 0) is 18.1 Å². The molecule has 84 valence electrons. The molecule has 0 spiro atoms. The molecule has 2 rings (SSSR count). The van der Waals surface area contributed by atoms with Crippen molar-refractivity contribution < 1.29 is 0 Å². The zero-order valence-electron chi connectivity index (χ0n) is 9.94. The number of hydrogen-bond donors (Lipinski definition) is 1. The molecular weight excluding hydrogens is 198 g/mol.